The molecular weight excluding hydrogens is 195 g/mol. The van der Waals surface area contributed by atoms with Crippen LogP contribution in [-0.4, -0.2) is 11.9 Å². The van der Waals surface area contributed by atoms with Gasteiger partial charge in [-0.2, -0.15) is 0 Å². The van der Waals surface area contributed by atoms with E-state index in [0.717, 1.165) is 5.56 Å². The van der Waals surface area contributed by atoms with Crippen molar-refractivity contribution in [2.45, 2.75) is 32.8 Å². The molecule has 0 bridgehead atoms. The van der Waals surface area contributed by atoms with Gasteiger partial charge in [-0.15, -0.1) is 0 Å². The van der Waals surface area contributed by atoms with Crippen molar-refractivity contribution in [1.29, 1.82) is 0 Å². The number of rotatable bonds is 2. The quantitative estimate of drug-likeness (QED) is 0.745. The van der Waals surface area contributed by atoms with E-state index < -0.39 is 0 Å². The van der Waals surface area contributed by atoms with Crippen molar-refractivity contribution in [1.82, 2.24) is 0 Å². The first-order valence-electron chi connectivity index (χ1n) is 5.06. The largest absolute Gasteiger partial charge is 0.488 e. The van der Waals surface area contributed by atoms with E-state index in [-0.39, 0.29) is 29.9 Å². The lowest BCUT2D eigenvalue weighted by molar-refractivity contribution is -0.117. The molecule has 0 aliphatic heterocycles. The maximum absolute atomic E-state index is 13.8. The van der Waals surface area contributed by atoms with Gasteiger partial charge < -0.3 is 4.74 Å². The molecule has 15 heavy (non-hydrogen) atoms. The van der Waals surface area contributed by atoms with Gasteiger partial charge in [-0.25, -0.2) is 4.39 Å². The van der Waals surface area contributed by atoms with Crippen molar-refractivity contribution < 1.29 is 13.9 Å². The average Bonchev–Trinajstić information content (AvgIpc) is 2.51. The van der Waals surface area contributed by atoms with Crippen molar-refractivity contribution in [3.05, 3.63) is 29.1 Å². The molecule has 0 radical (unpaired) electrons. The summed E-state index contributed by atoms with van der Waals surface area (Å²) in [6.45, 7) is 3.69. The van der Waals surface area contributed by atoms with Gasteiger partial charge in [0.05, 0.1) is 6.10 Å². The van der Waals surface area contributed by atoms with Crippen LogP contribution in [0.5, 0.6) is 5.75 Å². The molecule has 0 aromatic heterocycles. The van der Waals surface area contributed by atoms with Gasteiger partial charge in [-0.05, 0) is 25.5 Å². The SMILES string of the molecule is CC(C)Oc1ccc2c(c1F)CC(=O)C2. The number of ether oxygens (including phenoxy) is 1. The van der Waals surface area contributed by atoms with Crippen molar-refractivity contribution in [2.75, 3.05) is 0 Å². The maximum atomic E-state index is 13.8. The first kappa shape index (κ1) is 10.1. The summed E-state index contributed by atoms with van der Waals surface area (Å²) in [6.07, 6.45) is 0.500. The fourth-order valence-corrected chi connectivity index (χ4v) is 1.81. The van der Waals surface area contributed by atoms with Crippen LogP contribution in [0.2, 0.25) is 0 Å². The summed E-state index contributed by atoms with van der Waals surface area (Å²) >= 11 is 0. The molecule has 0 fully saturated rings. The van der Waals surface area contributed by atoms with Crippen LogP contribution in [0.15, 0.2) is 12.1 Å². The fraction of sp³-hybridized carbons (Fsp3) is 0.417. The van der Waals surface area contributed by atoms with Crippen molar-refractivity contribution in [3.63, 3.8) is 0 Å². The topological polar surface area (TPSA) is 26.3 Å². The Morgan fingerprint density at radius 1 is 1.33 bits per heavy atom. The van der Waals surface area contributed by atoms with Crippen LogP contribution in [0, 0.1) is 5.82 Å². The summed E-state index contributed by atoms with van der Waals surface area (Å²) in [6, 6.07) is 3.38. The number of hydrogen-bond acceptors (Lipinski definition) is 2. The van der Waals surface area contributed by atoms with Crippen LogP contribution < -0.4 is 4.74 Å². The molecule has 2 nitrogen and oxygen atoms in total. The van der Waals surface area contributed by atoms with Crippen molar-refractivity contribution in [3.8, 4) is 5.75 Å². The van der Waals surface area contributed by atoms with Crippen LogP contribution >= 0.6 is 0 Å². The predicted octanol–water partition coefficient (Wildman–Crippen LogP) is 2.28. The number of Topliss-reactive ketones (excluding diaryl/α,β-unsaturated/α-hetero) is 1. The molecule has 0 amide bonds. The number of hydrogen-bond donors (Lipinski definition) is 0. The smallest absolute Gasteiger partial charge is 0.168 e. The molecule has 0 N–H and O–H groups in total. The van der Waals surface area contributed by atoms with E-state index in [1.54, 1.807) is 12.1 Å². The van der Waals surface area contributed by atoms with E-state index in [0.29, 0.717) is 12.0 Å². The van der Waals surface area contributed by atoms with E-state index in [1.165, 1.54) is 0 Å². The maximum Gasteiger partial charge on any atom is 0.168 e. The van der Waals surface area contributed by atoms with E-state index in [1.807, 2.05) is 13.8 Å². The molecule has 1 aliphatic rings. The third-order valence-electron chi connectivity index (χ3n) is 2.43. The first-order chi connectivity index (χ1) is 7.08. The molecule has 1 aromatic carbocycles. The van der Waals surface area contributed by atoms with Gasteiger partial charge in [0.2, 0.25) is 0 Å². The second kappa shape index (κ2) is 3.65. The lowest BCUT2D eigenvalue weighted by atomic mass is 10.1. The Morgan fingerprint density at radius 2 is 2.07 bits per heavy atom. The van der Waals surface area contributed by atoms with Gasteiger partial charge in [0.25, 0.3) is 0 Å². The second-order valence-corrected chi connectivity index (χ2v) is 4.07. The molecule has 1 aromatic rings. The number of halogens is 1. The number of ketones is 1. The lowest BCUT2D eigenvalue weighted by Gasteiger charge is -2.12. The average molecular weight is 208 g/mol. The summed E-state index contributed by atoms with van der Waals surface area (Å²) in [5.74, 6) is -0.0453. The summed E-state index contributed by atoms with van der Waals surface area (Å²) in [7, 11) is 0. The summed E-state index contributed by atoms with van der Waals surface area (Å²) in [5.41, 5.74) is 1.31. The minimum atomic E-state index is -0.368. The van der Waals surface area contributed by atoms with Gasteiger partial charge in [0.1, 0.15) is 5.78 Å². The zero-order valence-corrected chi connectivity index (χ0v) is 8.84. The molecule has 0 spiro atoms. The van der Waals surface area contributed by atoms with E-state index in [4.69, 9.17) is 4.74 Å². The standard InChI is InChI=1S/C12H13FO2/c1-7(2)15-11-4-3-8-5-9(14)6-10(8)12(11)13/h3-4,7H,5-6H2,1-2H3. The Hall–Kier alpha value is -1.38. The molecular formula is C12H13FO2. The Labute approximate surface area is 88.1 Å². The molecule has 0 saturated heterocycles. The summed E-state index contributed by atoms with van der Waals surface area (Å²) in [4.78, 5) is 11.2. The third-order valence-corrected chi connectivity index (χ3v) is 2.43. The summed E-state index contributed by atoms with van der Waals surface area (Å²) in [5, 5.41) is 0. The third kappa shape index (κ3) is 1.87. The van der Waals surface area contributed by atoms with Crippen LogP contribution in [0.3, 0.4) is 0 Å². The van der Waals surface area contributed by atoms with Crippen molar-refractivity contribution in [2.24, 2.45) is 0 Å². The highest BCUT2D eigenvalue weighted by Gasteiger charge is 2.24. The minimum absolute atomic E-state index is 0.0605. The Kier molecular flexibility index (Phi) is 2.47. The Bertz CT molecular complexity index is 410. The molecule has 2 rings (SSSR count). The highest BCUT2D eigenvalue weighted by Crippen LogP contribution is 2.29. The normalized spacial score (nSPS) is 14.5. The monoisotopic (exact) mass is 208 g/mol. The van der Waals surface area contributed by atoms with Crippen molar-refractivity contribution >= 4 is 5.78 Å². The lowest BCUT2D eigenvalue weighted by Crippen LogP contribution is -2.08. The van der Waals surface area contributed by atoms with Gasteiger partial charge in [0, 0.05) is 18.4 Å². The zero-order chi connectivity index (χ0) is 11.0. The molecule has 0 saturated carbocycles. The van der Waals surface area contributed by atoms with Gasteiger partial charge in [0.15, 0.2) is 11.6 Å². The summed E-state index contributed by atoms with van der Waals surface area (Å²) < 4.78 is 19.1. The number of carbonyl (C=O) groups is 1. The molecule has 1 aliphatic carbocycles. The Balaban J connectivity index is 2.38. The van der Waals surface area contributed by atoms with Crippen LogP contribution in [0.4, 0.5) is 4.39 Å². The van der Waals surface area contributed by atoms with E-state index in [2.05, 4.69) is 0 Å². The zero-order valence-electron chi connectivity index (χ0n) is 8.84. The number of carbonyl (C=O) groups excluding carboxylic acids is 1. The van der Waals surface area contributed by atoms with Crippen LogP contribution in [0.1, 0.15) is 25.0 Å². The minimum Gasteiger partial charge on any atom is -0.488 e. The van der Waals surface area contributed by atoms with Crippen LogP contribution in [0.25, 0.3) is 0 Å². The highest BCUT2D eigenvalue weighted by atomic mass is 19.1. The molecule has 0 heterocycles. The first-order valence-corrected chi connectivity index (χ1v) is 5.06. The van der Waals surface area contributed by atoms with Crippen LogP contribution in [-0.2, 0) is 17.6 Å². The predicted molar refractivity (Wildman–Crippen MR) is 54.6 cm³/mol. The number of benzene rings is 1. The fourth-order valence-electron chi connectivity index (χ4n) is 1.81. The highest BCUT2D eigenvalue weighted by molar-refractivity contribution is 5.88. The van der Waals surface area contributed by atoms with E-state index >= 15 is 0 Å². The molecule has 80 valence electrons. The van der Waals surface area contributed by atoms with Gasteiger partial charge >= 0.3 is 0 Å². The molecule has 0 atom stereocenters. The molecule has 3 heteroatoms. The second-order valence-electron chi connectivity index (χ2n) is 4.07. The number of fused-ring (bicyclic) bond motifs is 1. The van der Waals surface area contributed by atoms with Gasteiger partial charge in [-0.3, -0.25) is 4.79 Å². The van der Waals surface area contributed by atoms with Gasteiger partial charge in [-0.1, -0.05) is 6.07 Å². The van der Waals surface area contributed by atoms with E-state index in [9.17, 15) is 9.18 Å². The molecule has 0 unspecified atom stereocenters. The Morgan fingerprint density at radius 3 is 2.73 bits per heavy atom.